The standard InChI is InChI=1S/C24H24N6O5S2/c1-24(2,3)35-23(31)30-22-28-19(14-36-22)34-20-18(15-8-5-4-6-9-15)13-26-21(29-20)27-16-10-7-11-17(12-16)37(25,32)33/h4-14H,1-3H3,(H2,25,32,33)(H,26,27,29)(H,28,30,31). The molecule has 0 aliphatic rings. The lowest BCUT2D eigenvalue weighted by Gasteiger charge is -2.18. The fourth-order valence-electron chi connectivity index (χ4n) is 3.05. The molecule has 0 aliphatic carbocycles. The molecular weight excluding hydrogens is 516 g/mol. The number of ether oxygens (including phenoxy) is 2. The van der Waals surface area contributed by atoms with Gasteiger partial charge in [-0.15, -0.1) is 11.3 Å². The fourth-order valence-corrected chi connectivity index (χ4v) is 4.21. The number of nitrogens with two attached hydrogens (primary N) is 1. The molecule has 2 aromatic carbocycles. The highest BCUT2D eigenvalue weighted by atomic mass is 32.2. The Morgan fingerprint density at radius 2 is 1.81 bits per heavy atom. The Hall–Kier alpha value is -4.07. The summed E-state index contributed by atoms with van der Waals surface area (Å²) in [5.74, 6) is 0.554. The first-order valence-corrected chi connectivity index (χ1v) is 13.3. The molecule has 2 aromatic heterocycles. The van der Waals surface area contributed by atoms with Crippen molar-refractivity contribution in [3.8, 4) is 22.9 Å². The summed E-state index contributed by atoms with van der Waals surface area (Å²) in [5, 5.41) is 12.7. The van der Waals surface area contributed by atoms with Crippen LogP contribution in [-0.4, -0.2) is 35.1 Å². The molecule has 0 unspecified atom stereocenters. The van der Waals surface area contributed by atoms with Gasteiger partial charge in [0.1, 0.15) is 5.60 Å². The quantitative estimate of drug-likeness (QED) is 0.289. The van der Waals surface area contributed by atoms with Crippen molar-refractivity contribution in [1.82, 2.24) is 15.0 Å². The van der Waals surface area contributed by atoms with E-state index in [1.54, 1.807) is 44.5 Å². The van der Waals surface area contributed by atoms with Crippen molar-refractivity contribution in [2.75, 3.05) is 10.6 Å². The zero-order valence-electron chi connectivity index (χ0n) is 20.1. The van der Waals surface area contributed by atoms with Gasteiger partial charge in [0.25, 0.3) is 0 Å². The summed E-state index contributed by atoms with van der Waals surface area (Å²) in [6, 6.07) is 15.3. The van der Waals surface area contributed by atoms with E-state index in [0.717, 1.165) is 16.9 Å². The Balaban J connectivity index is 1.61. The van der Waals surface area contributed by atoms with Gasteiger partial charge in [-0.3, -0.25) is 5.32 Å². The van der Waals surface area contributed by atoms with Crippen LogP contribution in [0.2, 0.25) is 0 Å². The van der Waals surface area contributed by atoms with Crippen LogP contribution in [0.4, 0.5) is 21.6 Å². The smallest absolute Gasteiger partial charge is 0.413 e. The summed E-state index contributed by atoms with van der Waals surface area (Å²) < 4.78 is 34.6. The number of rotatable bonds is 7. The van der Waals surface area contributed by atoms with Crippen LogP contribution in [0.1, 0.15) is 20.8 Å². The Morgan fingerprint density at radius 3 is 2.51 bits per heavy atom. The molecule has 0 aliphatic heterocycles. The van der Waals surface area contributed by atoms with E-state index in [9.17, 15) is 13.2 Å². The van der Waals surface area contributed by atoms with Gasteiger partial charge in [-0.2, -0.15) is 9.97 Å². The number of carbonyl (C=O) groups excluding carboxylic acids is 1. The number of carbonyl (C=O) groups is 1. The van der Waals surface area contributed by atoms with E-state index < -0.39 is 21.7 Å². The van der Waals surface area contributed by atoms with E-state index in [1.165, 1.54) is 12.1 Å². The second-order valence-corrected chi connectivity index (χ2v) is 11.1. The summed E-state index contributed by atoms with van der Waals surface area (Å²) in [6.45, 7) is 5.29. The van der Waals surface area contributed by atoms with E-state index in [-0.39, 0.29) is 27.7 Å². The highest BCUT2D eigenvalue weighted by molar-refractivity contribution is 7.89. The van der Waals surface area contributed by atoms with Crippen molar-refractivity contribution in [2.45, 2.75) is 31.3 Å². The van der Waals surface area contributed by atoms with Gasteiger partial charge in [0.15, 0.2) is 5.13 Å². The van der Waals surface area contributed by atoms with Gasteiger partial charge in [0, 0.05) is 11.9 Å². The molecule has 37 heavy (non-hydrogen) atoms. The lowest BCUT2D eigenvalue weighted by atomic mass is 10.1. The number of benzene rings is 2. The topological polar surface area (TPSA) is 158 Å². The third-order valence-electron chi connectivity index (χ3n) is 4.55. The van der Waals surface area contributed by atoms with Crippen LogP contribution >= 0.6 is 11.3 Å². The van der Waals surface area contributed by atoms with Crippen molar-refractivity contribution in [2.24, 2.45) is 5.14 Å². The predicted molar refractivity (Wildman–Crippen MR) is 141 cm³/mol. The molecule has 1 amide bonds. The maximum atomic E-state index is 12.1. The maximum Gasteiger partial charge on any atom is 0.413 e. The SMILES string of the molecule is CC(C)(C)OC(=O)Nc1nc(Oc2nc(Nc3cccc(S(N)(=O)=O)c3)ncc2-c2ccccc2)cs1. The Labute approximate surface area is 217 Å². The van der Waals surface area contributed by atoms with Crippen LogP contribution in [0.3, 0.4) is 0 Å². The number of hydrogen-bond donors (Lipinski definition) is 3. The number of nitrogens with zero attached hydrogens (tertiary/aromatic N) is 3. The number of hydrogen-bond acceptors (Lipinski definition) is 10. The molecule has 0 radical (unpaired) electrons. The molecule has 13 heteroatoms. The normalized spacial score (nSPS) is 11.6. The molecule has 4 N–H and O–H groups in total. The van der Waals surface area contributed by atoms with Crippen LogP contribution in [0.5, 0.6) is 11.8 Å². The first-order valence-electron chi connectivity index (χ1n) is 10.9. The first-order chi connectivity index (χ1) is 17.5. The van der Waals surface area contributed by atoms with E-state index in [0.29, 0.717) is 11.3 Å². The number of sulfonamides is 1. The third-order valence-corrected chi connectivity index (χ3v) is 6.20. The Morgan fingerprint density at radius 1 is 1.05 bits per heavy atom. The summed E-state index contributed by atoms with van der Waals surface area (Å²) in [7, 11) is -3.88. The van der Waals surface area contributed by atoms with Crippen molar-refractivity contribution in [1.29, 1.82) is 0 Å². The summed E-state index contributed by atoms with van der Waals surface area (Å²) in [5.41, 5.74) is 1.17. The van der Waals surface area contributed by atoms with Crippen LogP contribution in [-0.2, 0) is 14.8 Å². The van der Waals surface area contributed by atoms with Crippen molar-refractivity contribution < 1.29 is 22.7 Å². The lowest BCUT2D eigenvalue weighted by Crippen LogP contribution is -2.27. The molecule has 0 spiro atoms. The van der Waals surface area contributed by atoms with Gasteiger partial charge >= 0.3 is 6.09 Å². The number of primary sulfonamides is 1. The zero-order valence-corrected chi connectivity index (χ0v) is 21.8. The van der Waals surface area contributed by atoms with Gasteiger partial charge in [0.2, 0.25) is 27.7 Å². The molecule has 2 heterocycles. The minimum Gasteiger partial charge on any atom is -0.444 e. The summed E-state index contributed by atoms with van der Waals surface area (Å²) in [4.78, 5) is 25.1. The second kappa shape index (κ2) is 10.5. The number of aromatic nitrogens is 3. The van der Waals surface area contributed by atoms with E-state index in [2.05, 4.69) is 25.6 Å². The van der Waals surface area contributed by atoms with Gasteiger partial charge in [-0.1, -0.05) is 36.4 Å². The van der Waals surface area contributed by atoms with Crippen molar-refractivity contribution in [3.63, 3.8) is 0 Å². The average molecular weight is 541 g/mol. The van der Waals surface area contributed by atoms with Crippen molar-refractivity contribution >= 4 is 44.2 Å². The van der Waals surface area contributed by atoms with E-state index in [4.69, 9.17) is 14.6 Å². The van der Waals surface area contributed by atoms with Crippen LogP contribution in [0.25, 0.3) is 11.1 Å². The maximum absolute atomic E-state index is 12.1. The zero-order chi connectivity index (χ0) is 26.6. The molecule has 4 rings (SSSR count). The Kier molecular flexibility index (Phi) is 7.38. The minimum atomic E-state index is -3.88. The van der Waals surface area contributed by atoms with E-state index >= 15 is 0 Å². The highest BCUT2D eigenvalue weighted by Crippen LogP contribution is 2.34. The molecule has 192 valence electrons. The molecule has 0 saturated carbocycles. The van der Waals surface area contributed by atoms with Crippen LogP contribution in [0, 0.1) is 0 Å². The summed E-state index contributed by atoms with van der Waals surface area (Å²) >= 11 is 1.16. The number of anilines is 3. The van der Waals surface area contributed by atoms with Crippen LogP contribution < -0.4 is 20.5 Å². The molecule has 0 fully saturated rings. The molecule has 4 aromatic rings. The third kappa shape index (κ3) is 7.22. The van der Waals surface area contributed by atoms with E-state index in [1.807, 2.05) is 30.3 Å². The number of amides is 1. The lowest BCUT2D eigenvalue weighted by molar-refractivity contribution is 0.0636. The van der Waals surface area contributed by atoms with Gasteiger partial charge in [0.05, 0.1) is 15.8 Å². The summed E-state index contributed by atoms with van der Waals surface area (Å²) in [6.07, 6.45) is 0.948. The van der Waals surface area contributed by atoms with Crippen molar-refractivity contribution in [3.05, 3.63) is 66.2 Å². The van der Waals surface area contributed by atoms with Gasteiger partial charge in [-0.05, 0) is 44.5 Å². The van der Waals surface area contributed by atoms with Gasteiger partial charge in [-0.25, -0.2) is 23.3 Å². The second-order valence-electron chi connectivity index (χ2n) is 8.70. The highest BCUT2D eigenvalue weighted by Gasteiger charge is 2.19. The minimum absolute atomic E-state index is 0.0534. The number of nitrogens with one attached hydrogen (secondary N) is 2. The molecule has 0 saturated heterocycles. The monoisotopic (exact) mass is 540 g/mol. The van der Waals surface area contributed by atoms with Crippen LogP contribution in [0.15, 0.2) is 71.1 Å². The molecule has 0 atom stereocenters. The molecule has 11 nitrogen and oxygen atoms in total. The Bertz CT molecular complexity index is 1520. The molecule has 0 bridgehead atoms. The van der Waals surface area contributed by atoms with Gasteiger partial charge < -0.3 is 14.8 Å². The first kappa shape index (κ1) is 26.0. The average Bonchev–Trinajstić information content (AvgIpc) is 3.24. The largest absolute Gasteiger partial charge is 0.444 e. The fraction of sp³-hybridized carbons (Fsp3) is 0.167. The molecular formula is C24H24N6O5S2. The number of thiazole rings is 1. The predicted octanol–water partition coefficient (Wildman–Crippen LogP) is 5.13.